The molecule has 0 aliphatic rings. The predicted octanol–water partition coefficient (Wildman–Crippen LogP) is 2.28. The minimum absolute atomic E-state index is 0.161. The van der Waals surface area contributed by atoms with Crippen LogP contribution in [0.5, 0.6) is 0 Å². The van der Waals surface area contributed by atoms with Crippen LogP contribution in [0.15, 0.2) is 45.3 Å². The zero-order valence-corrected chi connectivity index (χ0v) is 16.0. The standard InChI is InChI=1S/C19H20FN3O3S/c1-3-21(4-2)16(24)12-22-15-9-10-27-17(15)18(25)23(19(22)26)11-13-7-5-6-8-14(13)20/h5-10H,3-4,11-12H2,1-2H3. The van der Waals surface area contributed by atoms with E-state index < -0.39 is 17.1 Å². The largest absolute Gasteiger partial charge is 0.342 e. The Balaban J connectivity index is 2.13. The van der Waals surface area contributed by atoms with Crippen molar-refractivity contribution in [2.75, 3.05) is 13.1 Å². The maximum absolute atomic E-state index is 14.0. The number of thiophene rings is 1. The summed E-state index contributed by atoms with van der Waals surface area (Å²) in [6.07, 6.45) is 0. The van der Waals surface area contributed by atoms with E-state index in [1.165, 1.54) is 28.0 Å². The van der Waals surface area contributed by atoms with Crippen LogP contribution in [0, 0.1) is 5.82 Å². The van der Waals surface area contributed by atoms with E-state index in [1.54, 1.807) is 28.5 Å². The van der Waals surface area contributed by atoms with Crippen LogP contribution in [0.3, 0.4) is 0 Å². The molecule has 142 valence electrons. The monoisotopic (exact) mass is 389 g/mol. The number of aromatic nitrogens is 2. The summed E-state index contributed by atoms with van der Waals surface area (Å²) in [5.41, 5.74) is -0.413. The highest BCUT2D eigenvalue weighted by Crippen LogP contribution is 2.16. The van der Waals surface area contributed by atoms with Gasteiger partial charge in [0.2, 0.25) is 5.91 Å². The Bertz CT molecular complexity index is 1100. The lowest BCUT2D eigenvalue weighted by Gasteiger charge is -2.20. The van der Waals surface area contributed by atoms with Crippen molar-refractivity contribution in [3.63, 3.8) is 0 Å². The summed E-state index contributed by atoms with van der Waals surface area (Å²) in [5, 5.41) is 1.71. The summed E-state index contributed by atoms with van der Waals surface area (Å²) in [6, 6.07) is 7.67. The lowest BCUT2D eigenvalue weighted by molar-refractivity contribution is -0.131. The molecule has 0 radical (unpaired) electrons. The molecule has 1 amide bonds. The van der Waals surface area contributed by atoms with Gasteiger partial charge in [0, 0.05) is 18.7 Å². The Kier molecular flexibility index (Phi) is 5.55. The lowest BCUT2D eigenvalue weighted by atomic mass is 10.2. The van der Waals surface area contributed by atoms with Gasteiger partial charge >= 0.3 is 5.69 Å². The molecule has 0 saturated heterocycles. The van der Waals surface area contributed by atoms with E-state index in [9.17, 15) is 18.8 Å². The normalized spacial score (nSPS) is 11.1. The topological polar surface area (TPSA) is 64.3 Å². The second-order valence-electron chi connectivity index (χ2n) is 6.05. The van der Waals surface area contributed by atoms with Crippen molar-refractivity contribution in [2.45, 2.75) is 26.9 Å². The Hall–Kier alpha value is -2.74. The van der Waals surface area contributed by atoms with Gasteiger partial charge in [0.15, 0.2) is 0 Å². The zero-order chi connectivity index (χ0) is 19.6. The van der Waals surface area contributed by atoms with Crippen molar-refractivity contribution >= 4 is 27.5 Å². The third kappa shape index (κ3) is 3.57. The molecule has 2 heterocycles. The van der Waals surface area contributed by atoms with Gasteiger partial charge in [-0.25, -0.2) is 9.18 Å². The number of hydrogen-bond donors (Lipinski definition) is 0. The molecule has 27 heavy (non-hydrogen) atoms. The molecule has 8 heteroatoms. The molecule has 0 unspecified atom stereocenters. The van der Waals surface area contributed by atoms with E-state index in [0.29, 0.717) is 23.3 Å². The van der Waals surface area contributed by atoms with Crippen molar-refractivity contribution in [3.8, 4) is 0 Å². The fraction of sp³-hybridized carbons (Fsp3) is 0.316. The number of carbonyl (C=O) groups excluding carboxylic acids is 1. The van der Waals surface area contributed by atoms with Gasteiger partial charge in [-0.3, -0.25) is 18.7 Å². The predicted molar refractivity (Wildman–Crippen MR) is 104 cm³/mol. The first-order valence-electron chi connectivity index (χ1n) is 8.69. The highest BCUT2D eigenvalue weighted by Gasteiger charge is 2.19. The van der Waals surface area contributed by atoms with Crippen LogP contribution in [0.1, 0.15) is 19.4 Å². The van der Waals surface area contributed by atoms with Crippen molar-refractivity contribution in [2.24, 2.45) is 0 Å². The Morgan fingerprint density at radius 3 is 2.48 bits per heavy atom. The first-order valence-corrected chi connectivity index (χ1v) is 9.57. The molecule has 3 aromatic rings. The number of likely N-dealkylation sites (N-methyl/N-ethyl adjacent to an activating group) is 1. The summed E-state index contributed by atoms with van der Waals surface area (Å²) in [4.78, 5) is 39.9. The summed E-state index contributed by atoms with van der Waals surface area (Å²) >= 11 is 1.20. The first kappa shape index (κ1) is 19.0. The molecule has 0 aliphatic heterocycles. The smallest absolute Gasteiger partial charge is 0.332 e. The van der Waals surface area contributed by atoms with Crippen molar-refractivity contribution < 1.29 is 9.18 Å². The second-order valence-corrected chi connectivity index (χ2v) is 6.97. The molecule has 0 bridgehead atoms. The van der Waals surface area contributed by atoms with Gasteiger partial charge in [-0.15, -0.1) is 11.3 Å². The van der Waals surface area contributed by atoms with Crippen molar-refractivity contribution in [1.29, 1.82) is 0 Å². The molecule has 0 spiro atoms. The average molecular weight is 389 g/mol. The maximum atomic E-state index is 14.0. The van der Waals surface area contributed by atoms with Crippen LogP contribution in [-0.4, -0.2) is 33.0 Å². The molecule has 0 fully saturated rings. The van der Waals surface area contributed by atoms with Crippen LogP contribution in [0.4, 0.5) is 4.39 Å². The second kappa shape index (κ2) is 7.87. The quantitative estimate of drug-likeness (QED) is 0.650. The van der Waals surface area contributed by atoms with Crippen LogP contribution in [0.2, 0.25) is 0 Å². The van der Waals surface area contributed by atoms with Gasteiger partial charge < -0.3 is 4.90 Å². The van der Waals surface area contributed by atoms with Gasteiger partial charge in [0.1, 0.15) is 17.1 Å². The number of nitrogens with zero attached hydrogens (tertiary/aromatic N) is 3. The highest BCUT2D eigenvalue weighted by molar-refractivity contribution is 7.17. The zero-order valence-electron chi connectivity index (χ0n) is 15.1. The van der Waals surface area contributed by atoms with Gasteiger partial charge in [-0.05, 0) is 31.4 Å². The van der Waals surface area contributed by atoms with E-state index in [0.717, 1.165) is 4.57 Å². The van der Waals surface area contributed by atoms with Crippen molar-refractivity contribution in [1.82, 2.24) is 14.0 Å². The van der Waals surface area contributed by atoms with Gasteiger partial charge in [-0.2, -0.15) is 0 Å². The number of rotatable bonds is 6. The molecule has 3 rings (SSSR count). The molecular weight excluding hydrogens is 369 g/mol. The Morgan fingerprint density at radius 2 is 1.81 bits per heavy atom. The molecule has 0 atom stereocenters. The van der Waals surface area contributed by atoms with Gasteiger partial charge in [-0.1, -0.05) is 18.2 Å². The maximum Gasteiger partial charge on any atom is 0.332 e. The van der Waals surface area contributed by atoms with E-state index in [2.05, 4.69) is 0 Å². The Morgan fingerprint density at radius 1 is 1.11 bits per heavy atom. The lowest BCUT2D eigenvalue weighted by Crippen LogP contribution is -2.43. The number of fused-ring (bicyclic) bond motifs is 1. The molecule has 0 saturated carbocycles. The van der Waals surface area contributed by atoms with Crippen molar-refractivity contribution in [3.05, 3.63) is 67.9 Å². The molecule has 6 nitrogen and oxygen atoms in total. The summed E-state index contributed by atoms with van der Waals surface area (Å²) in [6.45, 7) is 4.45. The fourth-order valence-corrected chi connectivity index (χ4v) is 3.88. The number of benzene rings is 1. The molecule has 2 aromatic heterocycles. The summed E-state index contributed by atoms with van der Waals surface area (Å²) in [7, 11) is 0. The van der Waals surface area contributed by atoms with Gasteiger partial charge in [0.05, 0.1) is 12.1 Å². The SMILES string of the molecule is CCN(CC)C(=O)Cn1c(=O)n(Cc2ccccc2F)c(=O)c2sccc21. The van der Waals surface area contributed by atoms with E-state index >= 15 is 0 Å². The average Bonchev–Trinajstić information content (AvgIpc) is 3.14. The number of amides is 1. The molecular formula is C19H20FN3O3S. The van der Waals surface area contributed by atoms with Gasteiger partial charge in [0.25, 0.3) is 5.56 Å². The first-order chi connectivity index (χ1) is 13.0. The number of halogens is 1. The molecule has 0 aliphatic carbocycles. The minimum atomic E-state index is -0.616. The van der Waals surface area contributed by atoms with Crippen LogP contribution in [0.25, 0.3) is 10.2 Å². The van der Waals surface area contributed by atoms with E-state index in [1.807, 2.05) is 13.8 Å². The van der Waals surface area contributed by atoms with Crippen LogP contribution < -0.4 is 11.2 Å². The number of hydrogen-bond acceptors (Lipinski definition) is 4. The van der Waals surface area contributed by atoms with E-state index in [-0.39, 0.29) is 24.6 Å². The highest BCUT2D eigenvalue weighted by atomic mass is 32.1. The number of carbonyl (C=O) groups is 1. The fourth-order valence-electron chi connectivity index (χ4n) is 3.03. The molecule has 1 aromatic carbocycles. The third-order valence-corrected chi connectivity index (χ3v) is 5.42. The Labute approximate surface area is 159 Å². The van der Waals surface area contributed by atoms with E-state index in [4.69, 9.17) is 0 Å². The molecule has 0 N–H and O–H groups in total. The van der Waals surface area contributed by atoms with Crippen LogP contribution in [-0.2, 0) is 17.9 Å². The third-order valence-electron chi connectivity index (χ3n) is 4.53. The minimum Gasteiger partial charge on any atom is -0.342 e. The summed E-state index contributed by atoms with van der Waals surface area (Å²) in [5.74, 6) is -0.688. The summed E-state index contributed by atoms with van der Waals surface area (Å²) < 4.78 is 16.7. The van der Waals surface area contributed by atoms with Crippen LogP contribution >= 0.6 is 11.3 Å².